The van der Waals surface area contributed by atoms with Gasteiger partial charge in [-0.1, -0.05) is 5.16 Å². The van der Waals surface area contributed by atoms with E-state index in [2.05, 4.69) is 21.1 Å². The van der Waals surface area contributed by atoms with E-state index in [1.807, 2.05) is 0 Å². The van der Waals surface area contributed by atoms with Crippen LogP contribution in [0, 0.1) is 11.8 Å². The van der Waals surface area contributed by atoms with Crippen molar-refractivity contribution in [2.75, 3.05) is 0 Å². The Kier molecular flexibility index (Phi) is 2.92. The molecule has 4 rings (SSSR count). The van der Waals surface area contributed by atoms with Gasteiger partial charge in [0.15, 0.2) is 0 Å². The summed E-state index contributed by atoms with van der Waals surface area (Å²) in [5.41, 5.74) is -0.341. The number of fused-ring (bicyclic) bond motifs is 1. The number of aromatic nitrogens is 3. The molecule has 0 aromatic carbocycles. The molecule has 0 bridgehead atoms. The van der Waals surface area contributed by atoms with Crippen molar-refractivity contribution >= 4 is 15.9 Å². The average Bonchev–Trinajstić information content (AvgIpc) is 2.87. The molecule has 2 fully saturated rings. The van der Waals surface area contributed by atoms with E-state index in [1.54, 1.807) is 23.0 Å². The molecule has 7 heteroatoms. The molecule has 2 aliphatic rings. The maximum Gasteiger partial charge on any atom is 0.316 e. The molecule has 110 valence electrons. The summed E-state index contributed by atoms with van der Waals surface area (Å²) in [6.07, 6.45) is 6.75. The van der Waals surface area contributed by atoms with E-state index >= 15 is 0 Å². The highest BCUT2D eigenvalue weighted by Gasteiger charge is 2.46. The Balaban J connectivity index is 1.63. The van der Waals surface area contributed by atoms with Crippen molar-refractivity contribution in [2.24, 2.45) is 11.8 Å². The minimum atomic E-state index is -0.503. The van der Waals surface area contributed by atoms with Gasteiger partial charge in [-0.15, -0.1) is 0 Å². The Labute approximate surface area is 128 Å². The van der Waals surface area contributed by atoms with Gasteiger partial charge in [-0.05, 0) is 47.0 Å². The third kappa shape index (κ3) is 2.29. The van der Waals surface area contributed by atoms with Gasteiger partial charge in [0, 0.05) is 24.5 Å². The van der Waals surface area contributed by atoms with Crippen molar-refractivity contribution in [1.29, 1.82) is 0 Å². The molecular formula is C14H14BrN3O3. The lowest BCUT2D eigenvalue weighted by molar-refractivity contribution is 0.390. The number of halogens is 1. The monoisotopic (exact) mass is 351 g/mol. The van der Waals surface area contributed by atoms with E-state index in [-0.39, 0.29) is 12.6 Å². The van der Waals surface area contributed by atoms with Crippen molar-refractivity contribution in [3.8, 4) is 0 Å². The number of rotatable bonds is 3. The molecule has 0 saturated heterocycles. The fraction of sp³-hybridized carbons (Fsp3) is 0.500. The van der Waals surface area contributed by atoms with E-state index in [0.29, 0.717) is 10.4 Å². The quantitative estimate of drug-likeness (QED) is 0.790. The summed E-state index contributed by atoms with van der Waals surface area (Å²) in [6.45, 7) is 0.236. The number of nitrogens with zero attached hydrogens (tertiary/aromatic N) is 3. The van der Waals surface area contributed by atoms with Gasteiger partial charge in [0.25, 0.3) is 0 Å². The third-order valence-corrected chi connectivity index (χ3v) is 4.93. The van der Waals surface area contributed by atoms with Gasteiger partial charge < -0.3 is 13.7 Å². The van der Waals surface area contributed by atoms with Gasteiger partial charge in [0.1, 0.15) is 5.69 Å². The van der Waals surface area contributed by atoms with E-state index in [1.165, 1.54) is 11.0 Å². The highest BCUT2D eigenvalue weighted by molar-refractivity contribution is 9.10. The average molecular weight is 352 g/mol. The van der Waals surface area contributed by atoms with Gasteiger partial charge >= 0.3 is 11.1 Å². The second kappa shape index (κ2) is 4.69. The summed E-state index contributed by atoms with van der Waals surface area (Å²) in [7, 11) is 0. The minimum absolute atomic E-state index is 0.199. The molecule has 0 spiro atoms. The van der Waals surface area contributed by atoms with Crippen molar-refractivity contribution in [1.82, 2.24) is 14.3 Å². The van der Waals surface area contributed by atoms with Crippen LogP contribution in [0.25, 0.3) is 0 Å². The van der Waals surface area contributed by atoms with Crippen LogP contribution in [-0.4, -0.2) is 14.3 Å². The lowest BCUT2D eigenvalue weighted by Gasteiger charge is -2.15. The summed E-state index contributed by atoms with van der Waals surface area (Å²) in [4.78, 5) is 24.5. The highest BCUT2D eigenvalue weighted by atomic mass is 79.9. The van der Waals surface area contributed by atoms with Crippen LogP contribution in [0.3, 0.4) is 0 Å². The summed E-state index contributed by atoms with van der Waals surface area (Å²) in [5, 5.41) is 3.81. The molecule has 2 saturated carbocycles. The summed E-state index contributed by atoms with van der Waals surface area (Å²) >= 11 is 3.16. The normalized spacial score (nSPS) is 26.8. The van der Waals surface area contributed by atoms with Crippen LogP contribution < -0.4 is 11.1 Å². The molecule has 6 nitrogen and oxygen atoms in total. The Morgan fingerprint density at radius 2 is 1.95 bits per heavy atom. The van der Waals surface area contributed by atoms with Crippen LogP contribution in [0.1, 0.15) is 31.0 Å². The molecule has 0 radical (unpaired) electrons. The Bertz CT molecular complexity index is 796. The first-order chi connectivity index (χ1) is 10.1. The van der Waals surface area contributed by atoms with Crippen LogP contribution in [0.4, 0.5) is 0 Å². The van der Waals surface area contributed by atoms with E-state index < -0.39 is 11.1 Å². The van der Waals surface area contributed by atoms with Crippen LogP contribution in [0.2, 0.25) is 0 Å². The standard InChI is InChI=1S/C14H14BrN3O3/c15-12-6-10(16-21-12)7-17-1-2-18(14(20)13(17)19)11-4-8-3-9(8)5-11/h1-2,6,8-9,11H,3-5,7H2/t8-,9+,11?. The highest BCUT2D eigenvalue weighted by Crippen LogP contribution is 2.55. The van der Waals surface area contributed by atoms with Crippen molar-refractivity contribution in [3.05, 3.63) is 49.5 Å². The molecule has 0 amide bonds. The predicted molar refractivity (Wildman–Crippen MR) is 78.1 cm³/mol. The van der Waals surface area contributed by atoms with Gasteiger partial charge in [-0.3, -0.25) is 9.59 Å². The lowest BCUT2D eigenvalue weighted by atomic mass is 10.1. The zero-order chi connectivity index (χ0) is 14.6. The van der Waals surface area contributed by atoms with Gasteiger partial charge in [0.2, 0.25) is 4.67 Å². The van der Waals surface area contributed by atoms with Crippen molar-refractivity contribution < 1.29 is 4.52 Å². The topological polar surface area (TPSA) is 70.0 Å². The SMILES string of the molecule is O=c1c(=O)n(C2C[C@@H]3C[C@@H]3C2)ccn1Cc1cc(Br)on1. The Morgan fingerprint density at radius 3 is 2.62 bits per heavy atom. The van der Waals surface area contributed by atoms with Crippen LogP contribution in [0.15, 0.2) is 37.2 Å². The molecule has 1 unspecified atom stereocenters. The number of hydrogen-bond acceptors (Lipinski definition) is 4. The predicted octanol–water partition coefficient (Wildman–Crippen LogP) is 1.78. The maximum atomic E-state index is 12.3. The van der Waals surface area contributed by atoms with E-state index in [9.17, 15) is 9.59 Å². The molecule has 3 atom stereocenters. The molecular weight excluding hydrogens is 338 g/mol. The van der Waals surface area contributed by atoms with Crippen LogP contribution in [-0.2, 0) is 6.54 Å². The maximum absolute atomic E-state index is 12.3. The molecule has 2 aromatic rings. The second-order valence-electron chi connectivity index (χ2n) is 5.95. The van der Waals surface area contributed by atoms with Gasteiger partial charge in [-0.25, -0.2) is 0 Å². The van der Waals surface area contributed by atoms with Crippen molar-refractivity contribution in [3.63, 3.8) is 0 Å². The Hall–Kier alpha value is -1.63. The zero-order valence-corrected chi connectivity index (χ0v) is 12.8. The second-order valence-corrected chi connectivity index (χ2v) is 6.73. The molecule has 2 aliphatic carbocycles. The number of hydrogen-bond donors (Lipinski definition) is 0. The van der Waals surface area contributed by atoms with Gasteiger partial charge in [0.05, 0.1) is 6.54 Å². The smallest absolute Gasteiger partial charge is 0.316 e. The first kappa shape index (κ1) is 13.1. The molecule has 2 aromatic heterocycles. The fourth-order valence-electron chi connectivity index (χ4n) is 3.38. The Morgan fingerprint density at radius 1 is 1.19 bits per heavy atom. The zero-order valence-electron chi connectivity index (χ0n) is 11.2. The summed E-state index contributed by atoms with van der Waals surface area (Å²) < 4.78 is 8.39. The minimum Gasteiger partial charge on any atom is -0.349 e. The summed E-state index contributed by atoms with van der Waals surface area (Å²) in [6, 6.07) is 1.88. The van der Waals surface area contributed by atoms with Gasteiger partial charge in [-0.2, -0.15) is 0 Å². The molecule has 0 aliphatic heterocycles. The van der Waals surface area contributed by atoms with E-state index in [4.69, 9.17) is 4.52 Å². The van der Waals surface area contributed by atoms with Crippen LogP contribution >= 0.6 is 15.9 Å². The molecule has 2 heterocycles. The first-order valence-electron chi connectivity index (χ1n) is 7.04. The fourth-order valence-corrected chi connectivity index (χ4v) is 3.71. The van der Waals surface area contributed by atoms with Crippen molar-refractivity contribution in [2.45, 2.75) is 31.8 Å². The van der Waals surface area contributed by atoms with E-state index in [0.717, 1.165) is 24.7 Å². The molecule has 0 N–H and O–H groups in total. The molecule has 21 heavy (non-hydrogen) atoms. The lowest BCUT2D eigenvalue weighted by Crippen LogP contribution is -2.42. The third-order valence-electron chi connectivity index (χ3n) is 4.56. The summed E-state index contributed by atoms with van der Waals surface area (Å²) in [5.74, 6) is 1.55. The first-order valence-corrected chi connectivity index (χ1v) is 7.84. The largest absolute Gasteiger partial charge is 0.349 e. The van der Waals surface area contributed by atoms with Crippen LogP contribution in [0.5, 0.6) is 0 Å².